The number of pyridine rings is 1. The third-order valence-corrected chi connectivity index (χ3v) is 4.23. The first-order valence-electron chi connectivity index (χ1n) is 7.97. The molecule has 0 spiro atoms. The maximum Gasteiger partial charge on any atom is 0.249 e. The smallest absolute Gasteiger partial charge is 0.249 e. The summed E-state index contributed by atoms with van der Waals surface area (Å²) in [4.78, 5) is 16.3. The molecule has 1 amide bonds. The van der Waals surface area contributed by atoms with E-state index in [1.165, 1.54) is 0 Å². The molecule has 0 saturated heterocycles. The highest BCUT2D eigenvalue weighted by Gasteiger charge is 2.30. The Kier molecular flexibility index (Phi) is 3.45. The lowest BCUT2D eigenvalue weighted by molar-refractivity contribution is -0.117. The van der Waals surface area contributed by atoms with Crippen LogP contribution >= 0.6 is 0 Å². The molecule has 0 radical (unpaired) electrons. The first-order chi connectivity index (χ1) is 11.7. The van der Waals surface area contributed by atoms with Gasteiger partial charge in [-0.25, -0.2) is 4.52 Å². The Bertz CT molecular complexity index is 928. The van der Waals surface area contributed by atoms with Crippen LogP contribution < -0.4 is 10.1 Å². The molecule has 1 aliphatic rings. The van der Waals surface area contributed by atoms with E-state index >= 15 is 0 Å². The predicted octanol–water partition coefficient (Wildman–Crippen LogP) is 3.06. The van der Waals surface area contributed by atoms with Crippen molar-refractivity contribution in [2.75, 3.05) is 12.4 Å². The summed E-state index contributed by atoms with van der Waals surface area (Å²) in [5.41, 5.74) is 3.68. The largest absolute Gasteiger partial charge is 0.496 e. The van der Waals surface area contributed by atoms with Gasteiger partial charge in [0.15, 0.2) is 5.65 Å². The minimum atomic E-state index is 0.00717. The van der Waals surface area contributed by atoms with Gasteiger partial charge in [-0.2, -0.15) is 4.98 Å². The highest BCUT2D eigenvalue weighted by molar-refractivity contribution is 5.92. The minimum absolute atomic E-state index is 0.00717. The second-order valence-electron chi connectivity index (χ2n) is 6.06. The summed E-state index contributed by atoms with van der Waals surface area (Å²) in [7, 11) is 1.66. The molecular formula is C18H18N4O2. The second kappa shape index (κ2) is 5.63. The van der Waals surface area contributed by atoms with E-state index in [9.17, 15) is 4.79 Å². The number of methoxy groups -OCH3 is 1. The number of carbonyl (C=O) groups excluding carboxylic acids is 1. The summed E-state index contributed by atoms with van der Waals surface area (Å²) in [5, 5.41) is 7.25. The molecule has 0 atom stereocenters. The van der Waals surface area contributed by atoms with Crippen molar-refractivity contribution >= 4 is 17.5 Å². The fraction of sp³-hybridized carbons (Fsp3) is 0.278. The van der Waals surface area contributed by atoms with Crippen LogP contribution in [0.5, 0.6) is 5.75 Å². The molecule has 24 heavy (non-hydrogen) atoms. The van der Waals surface area contributed by atoms with E-state index in [0.717, 1.165) is 35.4 Å². The van der Waals surface area contributed by atoms with E-state index in [1.54, 1.807) is 11.6 Å². The van der Waals surface area contributed by atoms with Gasteiger partial charge in [-0.3, -0.25) is 10.1 Å². The number of carbonyl (C=O) groups is 1. The van der Waals surface area contributed by atoms with E-state index in [0.29, 0.717) is 11.6 Å². The van der Waals surface area contributed by atoms with Crippen molar-refractivity contribution in [2.45, 2.75) is 19.8 Å². The van der Waals surface area contributed by atoms with Crippen molar-refractivity contribution in [3.8, 4) is 17.0 Å². The second-order valence-corrected chi connectivity index (χ2v) is 6.06. The average molecular weight is 322 g/mol. The first-order valence-corrected chi connectivity index (χ1v) is 7.97. The van der Waals surface area contributed by atoms with Gasteiger partial charge in [0.2, 0.25) is 11.9 Å². The SMILES string of the molecule is COc1ccc(-c2cccc3nc(NC(=O)C4CC4)nn23)cc1C. The van der Waals surface area contributed by atoms with Crippen LogP contribution in [0.15, 0.2) is 36.4 Å². The third kappa shape index (κ3) is 2.60. The Morgan fingerprint density at radius 3 is 2.83 bits per heavy atom. The Labute approximate surface area is 139 Å². The number of anilines is 1. The lowest BCUT2D eigenvalue weighted by Gasteiger charge is -2.08. The number of fused-ring (bicyclic) bond motifs is 1. The van der Waals surface area contributed by atoms with Crippen LogP contribution in [0, 0.1) is 12.8 Å². The molecule has 1 aromatic carbocycles. The predicted molar refractivity (Wildman–Crippen MR) is 91.1 cm³/mol. The van der Waals surface area contributed by atoms with Gasteiger partial charge in [0.1, 0.15) is 5.75 Å². The highest BCUT2D eigenvalue weighted by Crippen LogP contribution is 2.30. The van der Waals surface area contributed by atoms with Crippen LogP contribution in [-0.4, -0.2) is 27.6 Å². The molecule has 2 heterocycles. The van der Waals surface area contributed by atoms with Crippen molar-refractivity contribution in [3.63, 3.8) is 0 Å². The van der Waals surface area contributed by atoms with Crippen molar-refractivity contribution in [1.29, 1.82) is 0 Å². The van der Waals surface area contributed by atoms with Crippen LogP contribution in [0.25, 0.3) is 16.9 Å². The van der Waals surface area contributed by atoms with Crippen LogP contribution in [0.3, 0.4) is 0 Å². The number of amides is 1. The molecule has 2 aromatic heterocycles. The van der Waals surface area contributed by atoms with E-state index in [2.05, 4.69) is 21.5 Å². The summed E-state index contributed by atoms with van der Waals surface area (Å²) in [5.74, 6) is 1.33. The van der Waals surface area contributed by atoms with Gasteiger partial charge in [-0.1, -0.05) is 6.07 Å². The number of aryl methyl sites for hydroxylation is 1. The molecule has 1 fully saturated rings. The van der Waals surface area contributed by atoms with Gasteiger partial charge >= 0.3 is 0 Å². The lowest BCUT2D eigenvalue weighted by atomic mass is 10.1. The number of hydrogen-bond acceptors (Lipinski definition) is 4. The zero-order chi connectivity index (χ0) is 16.7. The monoisotopic (exact) mass is 322 g/mol. The van der Waals surface area contributed by atoms with Crippen LogP contribution in [0.2, 0.25) is 0 Å². The number of benzene rings is 1. The first kappa shape index (κ1) is 14.7. The Morgan fingerprint density at radius 2 is 2.12 bits per heavy atom. The summed E-state index contributed by atoms with van der Waals surface area (Å²) in [6, 6.07) is 11.8. The molecular weight excluding hydrogens is 304 g/mol. The van der Waals surface area contributed by atoms with Gasteiger partial charge in [-0.05, 0) is 55.7 Å². The fourth-order valence-electron chi connectivity index (χ4n) is 2.77. The summed E-state index contributed by atoms with van der Waals surface area (Å²) >= 11 is 0. The van der Waals surface area contributed by atoms with E-state index in [-0.39, 0.29) is 11.8 Å². The fourth-order valence-corrected chi connectivity index (χ4v) is 2.77. The molecule has 0 aliphatic heterocycles. The van der Waals surface area contributed by atoms with E-state index in [4.69, 9.17) is 4.74 Å². The van der Waals surface area contributed by atoms with E-state index in [1.807, 2.05) is 37.3 Å². The Hall–Kier alpha value is -2.89. The molecule has 1 saturated carbocycles. The average Bonchev–Trinajstić information content (AvgIpc) is 3.35. The van der Waals surface area contributed by atoms with Gasteiger partial charge in [0.05, 0.1) is 12.8 Å². The topological polar surface area (TPSA) is 68.5 Å². The zero-order valence-electron chi connectivity index (χ0n) is 13.6. The molecule has 122 valence electrons. The number of ether oxygens (including phenoxy) is 1. The molecule has 1 N–H and O–H groups in total. The number of aromatic nitrogens is 3. The van der Waals surface area contributed by atoms with Crippen molar-refractivity contribution < 1.29 is 9.53 Å². The molecule has 6 nitrogen and oxygen atoms in total. The third-order valence-electron chi connectivity index (χ3n) is 4.23. The quantitative estimate of drug-likeness (QED) is 0.801. The van der Waals surface area contributed by atoms with Crippen LogP contribution in [0.4, 0.5) is 5.95 Å². The Balaban J connectivity index is 1.73. The molecule has 1 aliphatic carbocycles. The van der Waals surface area contributed by atoms with Gasteiger partial charge in [0.25, 0.3) is 0 Å². The molecule has 0 unspecified atom stereocenters. The van der Waals surface area contributed by atoms with Gasteiger partial charge < -0.3 is 4.74 Å². The number of hydrogen-bond donors (Lipinski definition) is 1. The lowest BCUT2D eigenvalue weighted by Crippen LogP contribution is -2.14. The summed E-state index contributed by atoms with van der Waals surface area (Å²) in [6.07, 6.45) is 1.91. The number of rotatable bonds is 4. The normalized spacial score (nSPS) is 13.9. The van der Waals surface area contributed by atoms with Gasteiger partial charge in [0, 0.05) is 11.5 Å². The van der Waals surface area contributed by atoms with Crippen molar-refractivity contribution in [1.82, 2.24) is 14.6 Å². The van der Waals surface area contributed by atoms with Gasteiger partial charge in [-0.15, -0.1) is 5.10 Å². The van der Waals surface area contributed by atoms with Crippen molar-refractivity contribution in [2.24, 2.45) is 5.92 Å². The number of nitrogens with zero attached hydrogens (tertiary/aromatic N) is 3. The van der Waals surface area contributed by atoms with E-state index < -0.39 is 0 Å². The maximum absolute atomic E-state index is 11.9. The zero-order valence-corrected chi connectivity index (χ0v) is 13.6. The summed E-state index contributed by atoms with van der Waals surface area (Å²) < 4.78 is 7.07. The molecule has 0 bridgehead atoms. The minimum Gasteiger partial charge on any atom is -0.496 e. The standard InChI is InChI=1S/C18H18N4O2/c1-11-10-13(8-9-15(11)24-2)14-4-3-5-16-19-18(21-22(14)16)20-17(23)12-6-7-12/h3-5,8-10,12H,6-7H2,1-2H3,(H,20,21,23). The molecule has 6 heteroatoms. The highest BCUT2D eigenvalue weighted by atomic mass is 16.5. The molecule has 4 rings (SSSR count). The molecule has 3 aromatic rings. The Morgan fingerprint density at radius 1 is 1.29 bits per heavy atom. The number of nitrogens with one attached hydrogen (secondary N) is 1. The van der Waals surface area contributed by atoms with Crippen LogP contribution in [0.1, 0.15) is 18.4 Å². The summed E-state index contributed by atoms with van der Waals surface area (Å²) in [6.45, 7) is 2.01. The maximum atomic E-state index is 11.9. The van der Waals surface area contributed by atoms with Crippen LogP contribution in [-0.2, 0) is 4.79 Å². The van der Waals surface area contributed by atoms with Crippen molar-refractivity contribution in [3.05, 3.63) is 42.0 Å².